The molecule has 4 nitrogen and oxygen atoms in total. The summed E-state index contributed by atoms with van der Waals surface area (Å²) in [5.41, 5.74) is 4.56. The van der Waals surface area contributed by atoms with Crippen molar-refractivity contribution in [3.63, 3.8) is 0 Å². The van der Waals surface area contributed by atoms with Gasteiger partial charge in [0.1, 0.15) is 5.82 Å². The molecule has 0 radical (unpaired) electrons. The number of aromatic nitrogens is 4. The summed E-state index contributed by atoms with van der Waals surface area (Å²) in [6.45, 7) is 2.14. The molecule has 2 aromatic heterocycles. The second-order valence-corrected chi connectivity index (χ2v) is 7.64. The van der Waals surface area contributed by atoms with Crippen LogP contribution in [-0.4, -0.2) is 19.6 Å². The largest absolute Gasteiger partial charge is 0.283 e. The van der Waals surface area contributed by atoms with Crippen molar-refractivity contribution >= 4 is 17.2 Å². The molecule has 2 fully saturated rings. The maximum absolute atomic E-state index is 6.17. The molecule has 2 saturated carbocycles. The Morgan fingerprint density at radius 2 is 2.04 bits per heavy atom. The van der Waals surface area contributed by atoms with E-state index in [1.54, 1.807) is 0 Å². The van der Waals surface area contributed by atoms with E-state index in [0.29, 0.717) is 5.92 Å². The molecular formula is C19H19ClN4. The van der Waals surface area contributed by atoms with E-state index in [4.69, 9.17) is 11.6 Å². The summed E-state index contributed by atoms with van der Waals surface area (Å²) in [5, 5.41) is 9.95. The fourth-order valence-corrected chi connectivity index (χ4v) is 4.35. The Morgan fingerprint density at radius 1 is 1.21 bits per heavy atom. The lowest BCUT2D eigenvalue weighted by Gasteiger charge is -2.41. The van der Waals surface area contributed by atoms with Crippen molar-refractivity contribution in [3.8, 4) is 0 Å². The van der Waals surface area contributed by atoms with Crippen molar-refractivity contribution < 1.29 is 0 Å². The highest BCUT2D eigenvalue weighted by Crippen LogP contribution is 2.50. The average Bonchev–Trinajstić information content (AvgIpc) is 3.28. The summed E-state index contributed by atoms with van der Waals surface area (Å²) in [5.74, 6) is 1.62. The molecule has 5 rings (SSSR count). The van der Waals surface area contributed by atoms with Crippen LogP contribution in [0.15, 0.2) is 30.6 Å². The predicted octanol–water partition coefficient (Wildman–Crippen LogP) is 4.43. The van der Waals surface area contributed by atoms with Crippen molar-refractivity contribution in [2.75, 3.05) is 0 Å². The van der Waals surface area contributed by atoms with Gasteiger partial charge in [0.15, 0.2) is 5.65 Å². The summed E-state index contributed by atoms with van der Waals surface area (Å²) in [6, 6.07) is 6.21. The summed E-state index contributed by atoms with van der Waals surface area (Å²) in [4.78, 5) is 4.57. The first-order chi connectivity index (χ1) is 11.7. The van der Waals surface area contributed by atoms with Gasteiger partial charge < -0.3 is 0 Å². The third kappa shape index (κ3) is 1.95. The Balaban J connectivity index is 1.71. The molecule has 0 N–H and O–H groups in total. The van der Waals surface area contributed by atoms with Gasteiger partial charge >= 0.3 is 0 Å². The van der Waals surface area contributed by atoms with Gasteiger partial charge in [0.05, 0.1) is 11.1 Å². The van der Waals surface area contributed by atoms with Crippen LogP contribution in [0.2, 0.25) is 5.02 Å². The molecule has 5 heteroatoms. The zero-order valence-electron chi connectivity index (χ0n) is 13.7. The first-order valence-electron chi connectivity index (χ1n) is 8.66. The number of hydrogen-bond donors (Lipinski definition) is 0. The lowest BCUT2D eigenvalue weighted by atomic mass is 9.63. The standard InChI is InChI=1S/C19H19ClN4/c1-12-11-14(20)5-6-15(12)19(7-2-8-19)18-23-22-17-16(13-3-4-13)21-9-10-24(17)18/h5-6,9-11,13H,2-4,7-8H2,1H3. The predicted molar refractivity (Wildman–Crippen MR) is 93.6 cm³/mol. The SMILES string of the molecule is Cc1cc(Cl)ccc1C1(c2nnc3c(C4CC4)nccn23)CCC1. The summed E-state index contributed by atoms with van der Waals surface area (Å²) in [6.07, 6.45) is 9.79. The van der Waals surface area contributed by atoms with Crippen LogP contribution in [0.1, 0.15) is 60.7 Å². The van der Waals surface area contributed by atoms with E-state index in [2.05, 4.69) is 38.6 Å². The molecule has 2 heterocycles. The number of rotatable bonds is 3. The zero-order chi connectivity index (χ0) is 16.3. The van der Waals surface area contributed by atoms with Crippen LogP contribution in [0.5, 0.6) is 0 Å². The smallest absolute Gasteiger partial charge is 0.182 e. The minimum Gasteiger partial charge on any atom is -0.283 e. The van der Waals surface area contributed by atoms with Gasteiger partial charge in [-0.15, -0.1) is 10.2 Å². The van der Waals surface area contributed by atoms with Gasteiger partial charge in [-0.1, -0.05) is 24.1 Å². The Labute approximate surface area is 145 Å². The van der Waals surface area contributed by atoms with Gasteiger partial charge in [-0.25, -0.2) is 0 Å². The van der Waals surface area contributed by atoms with Gasteiger partial charge in [0.2, 0.25) is 0 Å². The Hall–Kier alpha value is -1.94. The van der Waals surface area contributed by atoms with Crippen LogP contribution >= 0.6 is 11.6 Å². The Bertz CT molecular complexity index is 938. The van der Waals surface area contributed by atoms with Gasteiger partial charge in [-0.3, -0.25) is 9.38 Å². The molecule has 0 saturated heterocycles. The van der Waals surface area contributed by atoms with E-state index in [1.165, 1.54) is 30.4 Å². The Kier molecular flexibility index (Phi) is 3.02. The monoisotopic (exact) mass is 338 g/mol. The zero-order valence-corrected chi connectivity index (χ0v) is 14.4. The number of hydrogen-bond acceptors (Lipinski definition) is 3. The maximum atomic E-state index is 6.17. The van der Waals surface area contributed by atoms with Crippen LogP contribution in [0, 0.1) is 6.92 Å². The van der Waals surface area contributed by atoms with E-state index in [-0.39, 0.29) is 5.41 Å². The topological polar surface area (TPSA) is 43.1 Å². The summed E-state index contributed by atoms with van der Waals surface area (Å²) < 4.78 is 2.17. The van der Waals surface area contributed by atoms with Crippen molar-refractivity contribution in [2.24, 2.45) is 0 Å². The molecule has 2 aliphatic carbocycles. The van der Waals surface area contributed by atoms with Gasteiger partial charge in [0.25, 0.3) is 0 Å². The number of benzene rings is 1. The van der Waals surface area contributed by atoms with Crippen LogP contribution in [0.3, 0.4) is 0 Å². The minimum atomic E-state index is -0.0454. The number of halogens is 1. The van der Waals surface area contributed by atoms with E-state index < -0.39 is 0 Å². The first kappa shape index (κ1) is 14.4. The van der Waals surface area contributed by atoms with Gasteiger partial charge in [-0.05, 0) is 55.9 Å². The van der Waals surface area contributed by atoms with E-state index in [0.717, 1.165) is 35.0 Å². The molecule has 0 spiro atoms. The van der Waals surface area contributed by atoms with Crippen LogP contribution in [0.25, 0.3) is 5.65 Å². The molecule has 2 aliphatic rings. The molecule has 122 valence electrons. The van der Waals surface area contributed by atoms with Gasteiger partial charge in [0, 0.05) is 23.3 Å². The minimum absolute atomic E-state index is 0.0454. The van der Waals surface area contributed by atoms with Crippen molar-refractivity contribution in [1.82, 2.24) is 19.6 Å². The Morgan fingerprint density at radius 3 is 2.71 bits per heavy atom. The van der Waals surface area contributed by atoms with Crippen molar-refractivity contribution in [1.29, 1.82) is 0 Å². The highest BCUT2D eigenvalue weighted by Gasteiger charge is 2.45. The van der Waals surface area contributed by atoms with Gasteiger partial charge in [-0.2, -0.15) is 0 Å². The lowest BCUT2D eigenvalue weighted by molar-refractivity contribution is 0.281. The molecule has 3 aromatic rings. The molecule has 0 atom stereocenters. The van der Waals surface area contributed by atoms with Crippen LogP contribution < -0.4 is 0 Å². The van der Waals surface area contributed by atoms with E-state index in [9.17, 15) is 0 Å². The normalized spacial score (nSPS) is 19.4. The number of fused-ring (bicyclic) bond motifs is 1. The highest BCUT2D eigenvalue weighted by molar-refractivity contribution is 6.30. The summed E-state index contributed by atoms with van der Waals surface area (Å²) in [7, 11) is 0. The third-order valence-corrected chi connectivity index (χ3v) is 5.89. The quantitative estimate of drug-likeness (QED) is 0.709. The molecule has 0 unspecified atom stereocenters. The average molecular weight is 339 g/mol. The van der Waals surface area contributed by atoms with E-state index >= 15 is 0 Å². The second-order valence-electron chi connectivity index (χ2n) is 7.20. The molecule has 0 bridgehead atoms. The van der Waals surface area contributed by atoms with Crippen LogP contribution in [-0.2, 0) is 5.41 Å². The fourth-order valence-electron chi connectivity index (χ4n) is 4.12. The van der Waals surface area contributed by atoms with Crippen molar-refractivity contribution in [2.45, 2.75) is 50.4 Å². The first-order valence-corrected chi connectivity index (χ1v) is 9.04. The second kappa shape index (κ2) is 5.03. The fraction of sp³-hybridized carbons (Fsp3) is 0.421. The van der Waals surface area contributed by atoms with E-state index in [1.807, 2.05) is 18.5 Å². The highest BCUT2D eigenvalue weighted by atomic mass is 35.5. The maximum Gasteiger partial charge on any atom is 0.182 e. The molecular weight excluding hydrogens is 320 g/mol. The lowest BCUT2D eigenvalue weighted by Crippen LogP contribution is -2.38. The number of aryl methyl sites for hydroxylation is 1. The third-order valence-electron chi connectivity index (χ3n) is 5.66. The molecule has 1 aromatic carbocycles. The number of nitrogens with zero attached hydrogens (tertiary/aromatic N) is 4. The van der Waals surface area contributed by atoms with Crippen LogP contribution in [0.4, 0.5) is 0 Å². The summed E-state index contributed by atoms with van der Waals surface area (Å²) >= 11 is 6.17. The van der Waals surface area contributed by atoms with Crippen molar-refractivity contribution in [3.05, 3.63) is 58.3 Å². The molecule has 24 heavy (non-hydrogen) atoms. The molecule has 0 aliphatic heterocycles. The molecule has 0 amide bonds.